The average molecular weight is 413 g/mol. The van der Waals surface area contributed by atoms with Gasteiger partial charge >= 0.3 is 5.97 Å². The van der Waals surface area contributed by atoms with E-state index in [1.54, 1.807) is 17.1 Å². The molecule has 1 heterocycles. The predicted octanol–water partition coefficient (Wildman–Crippen LogP) is 3.18. The van der Waals surface area contributed by atoms with Crippen molar-refractivity contribution in [2.75, 3.05) is 19.7 Å². The summed E-state index contributed by atoms with van der Waals surface area (Å²) < 4.78 is 5.25. The van der Waals surface area contributed by atoms with Crippen LogP contribution >= 0.6 is 0 Å². The van der Waals surface area contributed by atoms with Crippen molar-refractivity contribution < 1.29 is 19.1 Å². The van der Waals surface area contributed by atoms with Gasteiger partial charge < -0.3 is 15.0 Å². The maximum atomic E-state index is 12.3. The number of rotatable bonds is 6. The molecule has 1 aromatic carbocycles. The number of carbonyl (C=O) groups is 3. The summed E-state index contributed by atoms with van der Waals surface area (Å²) in [6.45, 7) is 2.97. The van der Waals surface area contributed by atoms with Crippen molar-refractivity contribution in [3.8, 4) is 0 Å². The largest absolute Gasteiger partial charge is 0.455 e. The lowest BCUT2D eigenvalue weighted by Crippen LogP contribution is -2.43. The molecule has 0 aromatic heterocycles. The summed E-state index contributed by atoms with van der Waals surface area (Å²) in [5.74, 6) is -0.397. The Labute approximate surface area is 178 Å². The van der Waals surface area contributed by atoms with E-state index in [2.05, 4.69) is 12.2 Å². The zero-order valence-electron chi connectivity index (χ0n) is 17.7. The van der Waals surface area contributed by atoms with Gasteiger partial charge in [-0.3, -0.25) is 14.4 Å². The number of hydrogen-bond donors (Lipinski definition) is 1. The fraction of sp³-hybridized carbons (Fsp3) is 0.542. The van der Waals surface area contributed by atoms with Crippen molar-refractivity contribution >= 4 is 23.9 Å². The molecule has 0 radical (unpaired) electrons. The minimum Gasteiger partial charge on any atom is -0.455 e. The first-order valence-corrected chi connectivity index (χ1v) is 11.0. The van der Waals surface area contributed by atoms with Crippen LogP contribution in [0.1, 0.15) is 51.0 Å². The molecule has 1 saturated carbocycles. The van der Waals surface area contributed by atoms with Crippen molar-refractivity contribution in [3.63, 3.8) is 0 Å². The molecule has 30 heavy (non-hydrogen) atoms. The van der Waals surface area contributed by atoms with Crippen molar-refractivity contribution in [2.24, 2.45) is 11.8 Å². The highest BCUT2D eigenvalue weighted by atomic mass is 16.5. The molecule has 6 nitrogen and oxygen atoms in total. The van der Waals surface area contributed by atoms with Gasteiger partial charge in [-0.15, -0.1) is 0 Å². The van der Waals surface area contributed by atoms with E-state index in [1.807, 2.05) is 30.3 Å². The monoisotopic (exact) mass is 412 g/mol. The molecular formula is C24H32N2O4. The van der Waals surface area contributed by atoms with E-state index < -0.39 is 0 Å². The van der Waals surface area contributed by atoms with Crippen LogP contribution in [0, 0.1) is 11.8 Å². The molecular weight excluding hydrogens is 380 g/mol. The molecule has 2 fully saturated rings. The highest BCUT2D eigenvalue weighted by Crippen LogP contribution is 2.23. The third-order valence-electron chi connectivity index (χ3n) is 6.16. The summed E-state index contributed by atoms with van der Waals surface area (Å²) in [5, 5.41) is 3.00. The molecule has 1 saturated heterocycles. The topological polar surface area (TPSA) is 75.7 Å². The lowest BCUT2D eigenvalue weighted by Gasteiger charge is -2.30. The first-order chi connectivity index (χ1) is 14.5. The van der Waals surface area contributed by atoms with E-state index in [0.29, 0.717) is 31.8 Å². The highest BCUT2D eigenvalue weighted by molar-refractivity contribution is 5.92. The number of benzene rings is 1. The van der Waals surface area contributed by atoms with Crippen molar-refractivity contribution in [1.29, 1.82) is 0 Å². The highest BCUT2D eigenvalue weighted by Gasteiger charge is 2.28. The number of nitrogens with zero attached hydrogens (tertiary/aromatic N) is 1. The lowest BCUT2D eigenvalue weighted by molar-refractivity contribution is -0.155. The van der Waals surface area contributed by atoms with E-state index in [0.717, 1.165) is 24.8 Å². The Hall–Kier alpha value is -2.63. The third-order valence-corrected chi connectivity index (χ3v) is 6.16. The van der Waals surface area contributed by atoms with Crippen LogP contribution in [-0.4, -0.2) is 48.4 Å². The Morgan fingerprint density at radius 2 is 1.77 bits per heavy atom. The van der Waals surface area contributed by atoms with Crippen molar-refractivity contribution in [1.82, 2.24) is 10.2 Å². The van der Waals surface area contributed by atoms with Crippen molar-refractivity contribution in [2.45, 2.75) is 51.5 Å². The Bertz CT molecular complexity index is 754. The van der Waals surface area contributed by atoms with Crippen molar-refractivity contribution in [3.05, 3.63) is 42.0 Å². The molecule has 0 unspecified atom stereocenters. The molecule has 1 aliphatic carbocycles. The van der Waals surface area contributed by atoms with Crippen LogP contribution < -0.4 is 5.32 Å². The second-order valence-electron chi connectivity index (χ2n) is 8.39. The Kier molecular flexibility index (Phi) is 8.05. The molecule has 162 valence electrons. The van der Waals surface area contributed by atoms with Gasteiger partial charge in [-0.1, -0.05) is 50.1 Å². The molecule has 2 atom stereocenters. The fourth-order valence-electron chi connectivity index (χ4n) is 4.21. The second-order valence-corrected chi connectivity index (χ2v) is 8.39. The first-order valence-electron chi connectivity index (χ1n) is 11.0. The van der Waals surface area contributed by atoms with Gasteiger partial charge in [0.25, 0.3) is 5.91 Å². The fourth-order valence-corrected chi connectivity index (χ4v) is 4.21. The minimum atomic E-state index is -0.339. The van der Waals surface area contributed by atoms with Gasteiger partial charge in [-0.05, 0) is 43.2 Å². The van der Waals surface area contributed by atoms with Gasteiger partial charge in [0.05, 0.1) is 5.92 Å². The SMILES string of the molecule is C[C@H]1CCCC[C@H]1NC(=O)COC(=O)C1CCN(C(=O)/C=C/c2ccccc2)CC1. The molecule has 6 heteroatoms. The van der Waals surface area contributed by atoms with Gasteiger partial charge in [0.1, 0.15) is 0 Å². The molecule has 1 aliphatic heterocycles. The summed E-state index contributed by atoms with van der Waals surface area (Å²) in [6.07, 6.45) is 8.96. The zero-order chi connectivity index (χ0) is 21.3. The molecule has 1 N–H and O–H groups in total. The van der Waals surface area contributed by atoms with Crippen LogP contribution in [0.15, 0.2) is 36.4 Å². The van der Waals surface area contributed by atoms with Crippen LogP contribution in [0.4, 0.5) is 0 Å². The van der Waals surface area contributed by atoms with Crippen LogP contribution in [0.3, 0.4) is 0 Å². The van der Waals surface area contributed by atoms with Crippen LogP contribution in [0.25, 0.3) is 6.08 Å². The van der Waals surface area contributed by atoms with Gasteiger partial charge in [-0.25, -0.2) is 0 Å². The summed E-state index contributed by atoms with van der Waals surface area (Å²) in [7, 11) is 0. The predicted molar refractivity (Wildman–Crippen MR) is 115 cm³/mol. The Morgan fingerprint density at radius 3 is 2.47 bits per heavy atom. The standard InChI is InChI=1S/C24H32N2O4/c1-18-7-5-6-10-21(18)25-22(27)17-30-24(29)20-13-15-26(16-14-20)23(28)12-11-19-8-3-2-4-9-19/h2-4,8-9,11-12,18,20-21H,5-7,10,13-17H2,1H3,(H,25,27)/b12-11+/t18-,21+/m0/s1. The third kappa shape index (κ3) is 6.44. The van der Waals surface area contributed by atoms with Gasteiger partial charge in [0.15, 0.2) is 6.61 Å². The summed E-state index contributed by atoms with van der Waals surface area (Å²) in [4.78, 5) is 38.6. The van der Waals surface area contributed by atoms with Crippen LogP contribution in [0.2, 0.25) is 0 Å². The second kappa shape index (κ2) is 11.0. The minimum absolute atomic E-state index is 0.0494. The smallest absolute Gasteiger partial charge is 0.309 e. The number of carbonyl (C=O) groups excluding carboxylic acids is 3. The number of nitrogens with one attached hydrogen (secondary N) is 1. The van der Waals surface area contributed by atoms with E-state index in [4.69, 9.17) is 4.74 Å². The summed E-state index contributed by atoms with van der Waals surface area (Å²) in [6, 6.07) is 9.86. The van der Waals surface area contributed by atoms with E-state index >= 15 is 0 Å². The van der Waals surface area contributed by atoms with Crippen LogP contribution in [0.5, 0.6) is 0 Å². The Morgan fingerprint density at radius 1 is 1.07 bits per heavy atom. The number of hydrogen-bond acceptors (Lipinski definition) is 4. The molecule has 2 amide bonds. The number of esters is 1. The van der Waals surface area contributed by atoms with E-state index in [9.17, 15) is 14.4 Å². The summed E-state index contributed by atoms with van der Waals surface area (Å²) in [5.41, 5.74) is 0.977. The number of piperidine rings is 1. The maximum Gasteiger partial charge on any atom is 0.309 e. The van der Waals surface area contributed by atoms with E-state index in [1.165, 1.54) is 6.42 Å². The molecule has 1 aromatic rings. The summed E-state index contributed by atoms with van der Waals surface area (Å²) >= 11 is 0. The van der Waals surface area contributed by atoms with E-state index in [-0.39, 0.29) is 36.4 Å². The zero-order valence-corrected chi connectivity index (χ0v) is 17.7. The number of ether oxygens (including phenoxy) is 1. The Balaban J connectivity index is 1.37. The van der Waals surface area contributed by atoms with Gasteiger partial charge in [0, 0.05) is 25.2 Å². The van der Waals surface area contributed by atoms with Crippen LogP contribution in [-0.2, 0) is 19.1 Å². The first kappa shape index (κ1) is 22.1. The maximum absolute atomic E-state index is 12.3. The quantitative estimate of drug-likeness (QED) is 0.575. The average Bonchev–Trinajstić information content (AvgIpc) is 2.78. The normalized spacial score (nSPS) is 22.6. The molecule has 2 aliphatic rings. The lowest BCUT2D eigenvalue weighted by atomic mass is 9.86. The molecule has 3 rings (SSSR count). The molecule has 0 bridgehead atoms. The number of likely N-dealkylation sites (tertiary alicyclic amines) is 1. The van der Waals surface area contributed by atoms with Gasteiger partial charge in [-0.2, -0.15) is 0 Å². The number of amides is 2. The molecule has 0 spiro atoms. The van der Waals surface area contributed by atoms with Gasteiger partial charge in [0.2, 0.25) is 5.91 Å².